The lowest BCUT2D eigenvalue weighted by Crippen LogP contribution is -2.38. The van der Waals surface area contributed by atoms with Crippen molar-refractivity contribution in [3.05, 3.63) is 0 Å². The molecule has 0 fully saturated rings. The number of nitrogens with one attached hydrogen (secondary N) is 4. The van der Waals surface area contributed by atoms with E-state index >= 15 is 0 Å². The van der Waals surface area contributed by atoms with Crippen LogP contribution in [0, 0.1) is 0 Å². The van der Waals surface area contributed by atoms with Gasteiger partial charge in [-0.3, -0.25) is 0 Å². The Bertz CT molecular complexity index is 554. The van der Waals surface area contributed by atoms with Crippen molar-refractivity contribution in [2.75, 3.05) is 72.7 Å². The molecule has 0 aromatic carbocycles. The van der Waals surface area contributed by atoms with Crippen LogP contribution in [-0.4, -0.2) is 78.8 Å². The van der Waals surface area contributed by atoms with Gasteiger partial charge in [0.25, 0.3) is 0 Å². The van der Waals surface area contributed by atoms with Gasteiger partial charge in [-0.15, -0.1) is 0 Å². The van der Waals surface area contributed by atoms with Gasteiger partial charge in [0.05, 0.1) is 12.7 Å². The van der Waals surface area contributed by atoms with Crippen molar-refractivity contribution in [2.45, 2.75) is 200 Å². The minimum Gasteiger partial charge on any atom is -0.379 e. The van der Waals surface area contributed by atoms with E-state index in [0.717, 1.165) is 59.0 Å². The van der Waals surface area contributed by atoms with Gasteiger partial charge in [-0.25, -0.2) is 0 Å². The topological polar surface area (TPSA) is 66.6 Å². The molecule has 0 heterocycles. The summed E-state index contributed by atoms with van der Waals surface area (Å²) in [4.78, 5) is 0. The lowest BCUT2D eigenvalue weighted by Gasteiger charge is -2.19. The molecule has 0 spiro atoms. The van der Waals surface area contributed by atoms with Crippen LogP contribution in [0.2, 0.25) is 0 Å². The summed E-state index contributed by atoms with van der Waals surface area (Å²) >= 11 is 0. The molecule has 0 saturated carbocycles. The van der Waals surface area contributed by atoms with Crippen LogP contribution in [0.5, 0.6) is 0 Å². The molecule has 6 nitrogen and oxygen atoms in total. The summed E-state index contributed by atoms with van der Waals surface area (Å²) in [6.07, 6.45) is 39.2. The molecule has 0 aliphatic rings. The van der Waals surface area contributed by atoms with Crippen LogP contribution in [-0.2, 0) is 9.47 Å². The molecule has 0 aromatic rings. The summed E-state index contributed by atoms with van der Waals surface area (Å²) in [6.45, 7) is 13.9. The van der Waals surface area contributed by atoms with Crippen molar-refractivity contribution in [1.82, 2.24) is 21.3 Å². The van der Waals surface area contributed by atoms with Gasteiger partial charge in [0.1, 0.15) is 0 Å². The molecule has 0 radical (unpaired) electrons. The average molecular weight is 683 g/mol. The SMILES string of the molecule is CCCCCCCCCCCCCCCCOCC(CNCCNCCNCCNC)OCCCCCCCCCCCCCCCC. The predicted octanol–water partition coefficient (Wildman–Crippen LogP) is 10.3. The van der Waals surface area contributed by atoms with E-state index in [0.29, 0.717) is 6.61 Å². The molecule has 0 aromatic heterocycles. The van der Waals surface area contributed by atoms with Crippen LogP contribution >= 0.6 is 0 Å². The maximum absolute atomic E-state index is 6.33. The molecule has 0 aliphatic carbocycles. The van der Waals surface area contributed by atoms with Crippen molar-refractivity contribution in [1.29, 1.82) is 0 Å². The Morgan fingerprint density at radius 2 is 0.708 bits per heavy atom. The summed E-state index contributed by atoms with van der Waals surface area (Å²) in [5, 5.41) is 13.7. The van der Waals surface area contributed by atoms with Crippen LogP contribution in [0.1, 0.15) is 194 Å². The van der Waals surface area contributed by atoms with Crippen LogP contribution in [0.3, 0.4) is 0 Å². The van der Waals surface area contributed by atoms with Gasteiger partial charge in [-0.1, -0.05) is 181 Å². The Kier molecular flexibility index (Phi) is 44.6. The van der Waals surface area contributed by atoms with E-state index in [1.165, 1.54) is 180 Å². The van der Waals surface area contributed by atoms with E-state index in [4.69, 9.17) is 9.47 Å². The van der Waals surface area contributed by atoms with Crippen molar-refractivity contribution < 1.29 is 9.47 Å². The third-order valence-corrected chi connectivity index (χ3v) is 9.68. The molecule has 0 saturated heterocycles. The number of hydrogen-bond donors (Lipinski definition) is 4. The number of rotatable bonds is 44. The van der Waals surface area contributed by atoms with Crippen LogP contribution < -0.4 is 21.3 Å². The zero-order valence-electron chi connectivity index (χ0n) is 33.3. The van der Waals surface area contributed by atoms with Gasteiger partial charge in [-0.05, 0) is 19.9 Å². The standard InChI is InChI=1S/C42H90N4O2/c1-4-6-8-10-12-14-16-18-20-22-24-26-28-30-38-47-41-42(40-46-37-36-45-35-34-44-33-32-43-3)48-39-31-29-27-25-23-21-19-17-15-13-11-9-7-5-2/h42-46H,4-41H2,1-3H3. The average Bonchev–Trinajstić information content (AvgIpc) is 3.10. The van der Waals surface area contributed by atoms with E-state index in [2.05, 4.69) is 35.1 Å². The fraction of sp³-hybridized carbons (Fsp3) is 1.00. The summed E-state index contributed by atoms with van der Waals surface area (Å²) < 4.78 is 12.5. The number of hydrogen-bond acceptors (Lipinski definition) is 6. The number of unbranched alkanes of at least 4 members (excludes halogenated alkanes) is 26. The van der Waals surface area contributed by atoms with Crippen molar-refractivity contribution in [2.24, 2.45) is 0 Å². The minimum atomic E-state index is 0.154. The fourth-order valence-electron chi connectivity index (χ4n) is 6.41. The van der Waals surface area contributed by atoms with Crippen LogP contribution in [0.15, 0.2) is 0 Å². The van der Waals surface area contributed by atoms with E-state index < -0.39 is 0 Å². The zero-order chi connectivity index (χ0) is 34.7. The Morgan fingerprint density at radius 1 is 0.375 bits per heavy atom. The van der Waals surface area contributed by atoms with Crippen molar-refractivity contribution in [3.63, 3.8) is 0 Å². The second-order valence-electron chi connectivity index (χ2n) is 14.6. The monoisotopic (exact) mass is 683 g/mol. The molecule has 0 amide bonds. The van der Waals surface area contributed by atoms with Gasteiger partial charge in [0, 0.05) is 59.0 Å². The number of ether oxygens (including phenoxy) is 2. The first kappa shape index (κ1) is 47.8. The normalized spacial score (nSPS) is 12.3. The lowest BCUT2D eigenvalue weighted by atomic mass is 10.0. The van der Waals surface area contributed by atoms with E-state index in [1.54, 1.807) is 0 Å². The van der Waals surface area contributed by atoms with E-state index in [-0.39, 0.29) is 6.10 Å². The largest absolute Gasteiger partial charge is 0.379 e. The number of likely N-dealkylation sites (N-methyl/N-ethyl adjacent to an activating group) is 1. The molecule has 290 valence electrons. The second kappa shape index (κ2) is 44.8. The summed E-state index contributed by atoms with van der Waals surface area (Å²) in [5.41, 5.74) is 0. The van der Waals surface area contributed by atoms with Crippen molar-refractivity contribution in [3.8, 4) is 0 Å². The summed E-state index contributed by atoms with van der Waals surface area (Å²) in [7, 11) is 1.99. The second-order valence-corrected chi connectivity index (χ2v) is 14.6. The van der Waals surface area contributed by atoms with E-state index in [1.807, 2.05) is 7.05 Å². The predicted molar refractivity (Wildman–Crippen MR) is 214 cm³/mol. The molecule has 0 rings (SSSR count). The van der Waals surface area contributed by atoms with Gasteiger partial charge < -0.3 is 30.7 Å². The first-order chi connectivity index (χ1) is 23.8. The zero-order valence-corrected chi connectivity index (χ0v) is 33.3. The minimum absolute atomic E-state index is 0.154. The molecule has 4 N–H and O–H groups in total. The summed E-state index contributed by atoms with van der Waals surface area (Å²) in [6, 6.07) is 0. The van der Waals surface area contributed by atoms with Crippen LogP contribution in [0.4, 0.5) is 0 Å². The molecular weight excluding hydrogens is 592 g/mol. The highest BCUT2D eigenvalue weighted by atomic mass is 16.5. The molecule has 6 heteroatoms. The molecular formula is C42H90N4O2. The lowest BCUT2D eigenvalue weighted by molar-refractivity contribution is -0.0174. The molecule has 1 atom stereocenters. The fourth-order valence-corrected chi connectivity index (χ4v) is 6.41. The highest BCUT2D eigenvalue weighted by Crippen LogP contribution is 2.14. The first-order valence-electron chi connectivity index (χ1n) is 21.8. The highest BCUT2D eigenvalue weighted by molar-refractivity contribution is 4.64. The smallest absolute Gasteiger partial charge is 0.0932 e. The van der Waals surface area contributed by atoms with Gasteiger partial charge in [0.15, 0.2) is 0 Å². The Labute approximate surface area is 302 Å². The van der Waals surface area contributed by atoms with Gasteiger partial charge in [-0.2, -0.15) is 0 Å². The summed E-state index contributed by atoms with van der Waals surface area (Å²) in [5.74, 6) is 0. The van der Waals surface area contributed by atoms with E-state index in [9.17, 15) is 0 Å². The maximum atomic E-state index is 6.33. The van der Waals surface area contributed by atoms with Crippen molar-refractivity contribution >= 4 is 0 Å². The molecule has 0 bridgehead atoms. The molecule has 0 aliphatic heterocycles. The first-order valence-corrected chi connectivity index (χ1v) is 21.8. The van der Waals surface area contributed by atoms with Gasteiger partial charge >= 0.3 is 0 Å². The quantitative estimate of drug-likeness (QED) is 0.0480. The maximum Gasteiger partial charge on any atom is 0.0932 e. The van der Waals surface area contributed by atoms with Gasteiger partial charge in [0.2, 0.25) is 0 Å². The Morgan fingerprint density at radius 3 is 1.10 bits per heavy atom. The third kappa shape index (κ3) is 41.9. The van der Waals surface area contributed by atoms with Crippen LogP contribution in [0.25, 0.3) is 0 Å². The molecule has 1 unspecified atom stereocenters. The Hall–Kier alpha value is -0.240. The highest BCUT2D eigenvalue weighted by Gasteiger charge is 2.09. The Balaban J connectivity index is 3.87. The molecule has 48 heavy (non-hydrogen) atoms. The third-order valence-electron chi connectivity index (χ3n) is 9.68.